The van der Waals surface area contributed by atoms with E-state index in [-0.39, 0.29) is 0 Å². The number of carbonyl (C=O) groups is 2. The van der Waals surface area contributed by atoms with Gasteiger partial charge in [0.05, 0.1) is 46.2 Å². The molecule has 1 unspecified atom stereocenters. The Morgan fingerprint density at radius 3 is 1.20 bits per heavy atom. The van der Waals surface area contributed by atoms with Crippen LogP contribution >= 0.6 is 0 Å². The van der Waals surface area contributed by atoms with E-state index in [1.165, 1.54) is 0 Å². The normalized spacial score (nSPS) is 52.3. The molecule has 0 aliphatic carbocycles. The number of hydrogen-bond acceptors (Lipinski definition) is 43. The van der Waals surface area contributed by atoms with E-state index in [2.05, 4.69) is 0 Å². The van der Waals surface area contributed by atoms with Crippen LogP contribution in [0.25, 0.3) is 0 Å². The minimum atomic E-state index is -2.28. The minimum absolute atomic E-state index is 0.522. The summed E-state index contributed by atoms with van der Waals surface area (Å²) >= 11 is 0. The first kappa shape index (κ1) is 78.5. The monoisotopic (exact) mass is 1430 g/mol. The summed E-state index contributed by atoms with van der Waals surface area (Å²) < 4.78 is 100. The maximum absolute atomic E-state index is 12.1. The summed E-state index contributed by atoms with van der Waals surface area (Å²) in [4.78, 5) is 23.8. The summed E-state index contributed by atoms with van der Waals surface area (Å²) in [5.74, 6) is -4.76. The first-order valence-electron chi connectivity index (χ1n) is 30.6. The fourth-order valence-corrected chi connectivity index (χ4v) is 12.2. The summed E-state index contributed by atoms with van der Waals surface area (Å²) in [6.45, 7) is -5.22. The van der Waals surface area contributed by atoms with Crippen LogP contribution in [0.1, 0.15) is 13.8 Å². The number of ether oxygens (including phenoxy) is 18. The number of rotatable bonds is 23. The average molecular weight is 1430 g/mol. The van der Waals surface area contributed by atoms with Crippen molar-refractivity contribution in [2.45, 2.75) is 265 Å². The van der Waals surface area contributed by atoms with Gasteiger partial charge in [-0.05, 0) is 0 Å². The summed E-state index contributed by atoms with van der Waals surface area (Å²) in [6.07, 6.45) is -78.7. The number of aliphatic hydroxyl groups is 23. The van der Waals surface area contributed by atoms with Gasteiger partial charge in [-0.25, -0.2) is 4.79 Å². The summed E-state index contributed by atoms with van der Waals surface area (Å²) in [7, 11) is 0. The van der Waals surface area contributed by atoms with Crippen LogP contribution < -0.4 is 0 Å². The van der Waals surface area contributed by atoms with E-state index in [9.17, 15) is 132 Å². The number of carbonyl (C=O) groups excluding carboxylic acids is 1. The summed E-state index contributed by atoms with van der Waals surface area (Å²) in [5, 5.41) is 260. The Balaban J connectivity index is 0.812. The quantitative estimate of drug-likeness (QED) is 0.0422. The lowest BCUT2D eigenvalue weighted by Gasteiger charge is -2.50. The first-order valence-corrected chi connectivity index (χ1v) is 30.6. The molecule has 0 aromatic carbocycles. The highest BCUT2D eigenvalue weighted by molar-refractivity contribution is 5.75. The molecule has 0 radical (unpaired) electrons. The van der Waals surface area contributed by atoms with Crippen LogP contribution in [0.15, 0.2) is 0 Å². The van der Waals surface area contributed by atoms with E-state index in [0.717, 1.165) is 13.8 Å². The van der Waals surface area contributed by atoms with Crippen LogP contribution in [-0.4, -0.2) is 439 Å². The third-order valence-corrected chi connectivity index (χ3v) is 18.0. The van der Waals surface area contributed by atoms with Crippen molar-refractivity contribution in [3.8, 4) is 0 Å². The Morgan fingerprint density at radius 1 is 0.361 bits per heavy atom. The van der Waals surface area contributed by atoms with Gasteiger partial charge in [-0.15, -0.1) is 0 Å². The van der Waals surface area contributed by atoms with E-state index >= 15 is 0 Å². The Bertz CT molecular complexity index is 2500. The zero-order chi connectivity index (χ0) is 71.1. The molecule has 562 valence electrons. The highest BCUT2D eigenvalue weighted by Gasteiger charge is 2.60. The predicted octanol–water partition coefficient (Wildman–Crippen LogP) is -17.0. The van der Waals surface area contributed by atoms with Crippen molar-refractivity contribution in [2.24, 2.45) is 0 Å². The molecule has 0 aromatic heterocycles. The van der Waals surface area contributed by atoms with Gasteiger partial charge in [-0.3, -0.25) is 4.79 Å². The van der Waals surface area contributed by atoms with Crippen molar-refractivity contribution in [1.29, 1.82) is 0 Å². The molecular formula is C53H86O44. The molecule has 9 saturated heterocycles. The molecule has 24 N–H and O–H groups in total. The molecule has 9 fully saturated rings. The maximum atomic E-state index is 12.1. The van der Waals surface area contributed by atoms with Gasteiger partial charge in [-0.1, -0.05) is 0 Å². The number of carboxylic acids is 1. The van der Waals surface area contributed by atoms with Crippen molar-refractivity contribution in [3.05, 3.63) is 0 Å². The zero-order valence-electron chi connectivity index (χ0n) is 51.1. The molecule has 9 aliphatic heterocycles. The topological polar surface area (TPSA) is 686 Å². The van der Waals surface area contributed by atoms with Crippen molar-refractivity contribution >= 4 is 11.9 Å². The largest absolute Gasteiger partial charge is 0.477 e. The lowest BCUT2D eigenvalue weighted by Crippen LogP contribution is -2.69. The van der Waals surface area contributed by atoms with Crippen LogP contribution in [0, 0.1) is 0 Å². The van der Waals surface area contributed by atoms with Crippen LogP contribution in [0.2, 0.25) is 0 Å². The first-order chi connectivity index (χ1) is 45.8. The number of esters is 1. The van der Waals surface area contributed by atoms with E-state index < -0.39 is 316 Å². The van der Waals surface area contributed by atoms with Crippen molar-refractivity contribution in [1.82, 2.24) is 0 Å². The summed E-state index contributed by atoms with van der Waals surface area (Å²) in [5.41, 5.74) is 0. The third kappa shape index (κ3) is 16.5. The Morgan fingerprint density at radius 2 is 0.711 bits per heavy atom. The van der Waals surface area contributed by atoms with Gasteiger partial charge in [0.25, 0.3) is 5.79 Å². The van der Waals surface area contributed by atoms with Crippen LogP contribution in [0.4, 0.5) is 0 Å². The molecule has 9 heterocycles. The SMILES string of the molecule is CC(=O)OC[C@H]1O[C@@H](O[C@H]2[C@H](O)[C@@H](O)[C@H](O[C@@H]3[C@@H](O)[C@H](O)O[C@H](CO)[C@@H]3O)O[C@@H]2CO)[C@H](O)[C@@H](O)[C@@H]1O[C@@H]1O[C@H](CO[C@@H]2O[C@H](CO[C@@H]3O[C@H](CO)[C@@H](O)[C@H](O[C@@H]4O[C@H](CO)[C@@H](O)[C@H](O[C@@H]5O[C@@H]6COC(C)(C(=O)O)O[C@H]6[C@H](O)[C@H]5O)[C@H]4O)[C@H]3O)[C@@H](O)[C@H](O)[C@H]2O)[C@@H](O)[C@H](O)[C@H]1O. The number of aliphatic carboxylic acids is 1. The number of hydrogen-bond donors (Lipinski definition) is 24. The van der Waals surface area contributed by atoms with Gasteiger partial charge in [-0.2, -0.15) is 0 Å². The van der Waals surface area contributed by atoms with E-state index in [1.54, 1.807) is 0 Å². The van der Waals surface area contributed by atoms with Gasteiger partial charge in [0.2, 0.25) is 0 Å². The van der Waals surface area contributed by atoms with E-state index in [4.69, 9.17) is 85.3 Å². The van der Waals surface area contributed by atoms with Gasteiger partial charge >= 0.3 is 11.9 Å². The molecule has 44 heteroatoms. The van der Waals surface area contributed by atoms with Crippen LogP contribution in [-0.2, 0) is 94.9 Å². The molecule has 0 saturated carbocycles. The molecule has 9 rings (SSSR count). The van der Waals surface area contributed by atoms with Crippen LogP contribution in [0.5, 0.6) is 0 Å². The highest BCUT2D eigenvalue weighted by atomic mass is 16.8. The molecule has 44 nitrogen and oxygen atoms in total. The van der Waals surface area contributed by atoms with Gasteiger partial charge < -0.3 is 208 Å². The second-order valence-corrected chi connectivity index (χ2v) is 24.5. The predicted molar refractivity (Wildman–Crippen MR) is 288 cm³/mol. The van der Waals surface area contributed by atoms with Gasteiger partial charge in [0, 0.05) is 13.8 Å². The van der Waals surface area contributed by atoms with Crippen LogP contribution in [0.3, 0.4) is 0 Å². The Kier molecular flexibility index (Phi) is 26.7. The fraction of sp³-hybridized carbons (Fsp3) is 0.962. The Labute approximate surface area is 546 Å². The van der Waals surface area contributed by atoms with Gasteiger partial charge in [0.1, 0.15) is 202 Å². The molecule has 0 aromatic rings. The molecule has 0 spiro atoms. The van der Waals surface area contributed by atoms with Crippen molar-refractivity contribution in [2.75, 3.05) is 52.9 Å². The number of fused-ring (bicyclic) bond motifs is 1. The molecule has 97 heavy (non-hydrogen) atoms. The number of aliphatic hydroxyl groups excluding tert-OH is 23. The second kappa shape index (κ2) is 33.0. The molecule has 41 atom stereocenters. The number of carboxylic acid groups (broad SMARTS) is 1. The molecular weight excluding hydrogens is 1340 g/mol. The molecule has 9 aliphatic rings. The Hall–Kier alpha value is -2.66. The maximum Gasteiger partial charge on any atom is 0.364 e. The highest BCUT2D eigenvalue weighted by Crippen LogP contribution is 2.39. The molecule has 0 bridgehead atoms. The van der Waals surface area contributed by atoms with Crippen molar-refractivity contribution < 1.29 is 217 Å². The molecule has 0 amide bonds. The third-order valence-electron chi connectivity index (χ3n) is 18.0. The average Bonchev–Trinajstić information content (AvgIpc) is 0.780. The smallest absolute Gasteiger partial charge is 0.364 e. The standard InChI is InChI=1S/C53H86O44/c1-11(58)80-9-18-39(28(67)33(72)49(90-18)92-38-15(6-57)87-48(32(71)27(38)66)94-41-22(61)12(3-54)84-44(77)35(41)74)93-47-31(70)26(65)21(60)17(89-47)8-81-45-30(69)25(64)20(59)16(88-45)7-82-46-36(75)42(23(62)13(4-55)85-46)96-51-37(76)43(24(63)14(5-56)86-51)95-50-34(73)29(68)40-19(91-50)10-83-53(2,97-40)52(78)79/h12-51,54-57,59-77H,3-10H2,1-2H3,(H,78,79)/t12-,13-,14-,15-,16-,17-,18-,19-,20-,21-,22+,23-,24-,25+,26+,27-,28-,29-,30-,31-,32-,33-,34-,35-,36-,37-,38-,39-,40-,41+,42+,43+,44-,45-,46-,47+,48+,49+,50+,51+,53?/m1/s1. The lowest BCUT2D eigenvalue weighted by molar-refractivity contribution is -0.402. The van der Waals surface area contributed by atoms with Gasteiger partial charge in [0.15, 0.2) is 50.3 Å². The second-order valence-electron chi connectivity index (χ2n) is 24.5. The lowest BCUT2D eigenvalue weighted by atomic mass is 9.95. The van der Waals surface area contributed by atoms with E-state index in [0.29, 0.717) is 0 Å². The fourth-order valence-electron chi connectivity index (χ4n) is 12.2. The zero-order valence-corrected chi connectivity index (χ0v) is 51.1. The van der Waals surface area contributed by atoms with Crippen molar-refractivity contribution in [3.63, 3.8) is 0 Å². The minimum Gasteiger partial charge on any atom is -0.477 e. The van der Waals surface area contributed by atoms with E-state index in [1.807, 2.05) is 0 Å². The summed E-state index contributed by atoms with van der Waals surface area (Å²) in [6, 6.07) is 0.